The largest absolute Gasteiger partial charge is 0.447 e. The number of benzene rings is 2. The van der Waals surface area contributed by atoms with Crippen LogP contribution in [-0.4, -0.2) is 32.3 Å². The summed E-state index contributed by atoms with van der Waals surface area (Å²) in [6, 6.07) is 15.7. The van der Waals surface area contributed by atoms with E-state index >= 15 is 0 Å². The van der Waals surface area contributed by atoms with Crippen molar-refractivity contribution in [1.29, 1.82) is 0 Å². The summed E-state index contributed by atoms with van der Waals surface area (Å²) in [4.78, 5) is 23.7. The van der Waals surface area contributed by atoms with E-state index in [9.17, 15) is 9.59 Å². The van der Waals surface area contributed by atoms with Gasteiger partial charge >= 0.3 is 6.09 Å². The zero-order chi connectivity index (χ0) is 16.5. The number of methoxy groups -OCH3 is 1. The fourth-order valence-electron chi connectivity index (χ4n) is 1.84. The molecule has 6 heteroatoms. The summed E-state index contributed by atoms with van der Waals surface area (Å²) in [6.45, 7) is 0.507. The molecule has 0 bridgehead atoms. The molecule has 0 aromatic heterocycles. The Morgan fingerprint density at radius 1 is 0.913 bits per heavy atom. The van der Waals surface area contributed by atoms with Gasteiger partial charge in [0.15, 0.2) is 0 Å². The van der Waals surface area contributed by atoms with E-state index in [1.54, 1.807) is 48.5 Å². The van der Waals surface area contributed by atoms with Crippen LogP contribution < -0.4 is 10.6 Å². The van der Waals surface area contributed by atoms with Gasteiger partial charge in [0.05, 0.1) is 6.61 Å². The second-order valence-corrected chi connectivity index (χ2v) is 4.65. The summed E-state index contributed by atoms with van der Waals surface area (Å²) in [5.41, 5.74) is 1.66. The van der Waals surface area contributed by atoms with Crippen molar-refractivity contribution in [1.82, 2.24) is 0 Å². The summed E-state index contributed by atoms with van der Waals surface area (Å²) in [6.07, 6.45) is -0.575. The van der Waals surface area contributed by atoms with Crippen LogP contribution in [-0.2, 0) is 9.47 Å². The number of carbonyl (C=O) groups is 2. The number of ether oxygens (including phenoxy) is 2. The monoisotopic (exact) mass is 314 g/mol. The number of nitrogens with one attached hydrogen (secondary N) is 2. The molecule has 0 heterocycles. The number of hydrogen-bond acceptors (Lipinski definition) is 4. The van der Waals surface area contributed by atoms with Crippen molar-refractivity contribution >= 4 is 23.4 Å². The smallest absolute Gasteiger partial charge is 0.411 e. The van der Waals surface area contributed by atoms with E-state index in [0.717, 1.165) is 0 Å². The molecular weight excluding hydrogens is 296 g/mol. The molecule has 2 amide bonds. The van der Waals surface area contributed by atoms with Gasteiger partial charge in [-0.25, -0.2) is 4.79 Å². The maximum Gasteiger partial charge on any atom is 0.411 e. The molecule has 6 nitrogen and oxygen atoms in total. The van der Waals surface area contributed by atoms with Crippen molar-refractivity contribution in [2.24, 2.45) is 0 Å². The second kappa shape index (κ2) is 8.55. The predicted octanol–water partition coefficient (Wildman–Crippen LogP) is 3.13. The van der Waals surface area contributed by atoms with Gasteiger partial charge in [0.1, 0.15) is 6.61 Å². The minimum absolute atomic E-state index is 0.173. The highest BCUT2D eigenvalue weighted by atomic mass is 16.6. The van der Waals surface area contributed by atoms with Crippen molar-refractivity contribution in [3.8, 4) is 0 Å². The SMILES string of the molecule is COCCOC(=O)Nc1cccc(NC(=O)c2ccccc2)c1. The Morgan fingerprint density at radius 3 is 2.30 bits per heavy atom. The molecule has 0 saturated heterocycles. The van der Waals surface area contributed by atoms with Crippen LogP contribution in [0.3, 0.4) is 0 Å². The van der Waals surface area contributed by atoms with E-state index < -0.39 is 6.09 Å². The van der Waals surface area contributed by atoms with Crippen molar-refractivity contribution < 1.29 is 19.1 Å². The molecule has 2 N–H and O–H groups in total. The Bertz CT molecular complexity index is 659. The van der Waals surface area contributed by atoms with Gasteiger partial charge in [0.25, 0.3) is 5.91 Å². The van der Waals surface area contributed by atoms with Crippen LogP contribution in [0.5, 0.6) is 0 Å². The average molecular weight is 314 g/mol. The van der Waals surface area contributed by atoms with Crippen LogP contribution in [0.25, 0.3) is 0 Å². The number of hydrogen-bond donors (Lipinski definition) is 2. The van der Waals surface area contributed by atoms with Gasteiger partial charge in [-0.2, -0.15) is 0 Å². The Labute approximate surface area is 134 Å². The number of anilines is 2. The lowest BCUT2D eigenvalue weighted by molar-refractivity contribution is 0.102. The molecule has 2 rings (SSSR count). The molecule has 0 aliphatic carbocycles. The van der Waals surface area contributed by atoms with Gasteiger partial charge in [-0.3, -0.25) is 10.1 Å². The predicted molar refractivity (Wildman–Crippen MR) is 87.7 cm³/mol. The van der Waals surface area contributed by atoms with Crippen molar-refractivity contribution in [3.05, 3.63) is 60.2 Å². The van der Waals surface area contributed by atoms with E-state index in [0.29, 0.717) is 23.5 Å². The molecule has 0 radical (unpaired) electrons. The molecule has 2 aromatic carbocycles. The topological polar surface area (TPSA) is 76.7 Å². The number of rotatable bonds is 6. The third kappa shape index (κ3) is 5.44. The molecule has 23 heavy (non-hydrogen) atoms. The maximum absolute atomic E-state index is 12.1. The normalized spacial score (nSPS) is 9.96. The zero-order valence-corrected chi connectivity index (χ0v) is 12.7. The van der Waals surface area contributed by atoms with Crippen LogP contribution >= 0.6 is 0 Å². The maximum atomic E-state index is 12.1. The van der Waals surface area contributed by atoms with Crippen molar-refractivity contribution in [3.63, 3.8) is 0 Å². The third-order valence-electron chi connectivity index (χ3n) is 2.92. The van der Waals surface area contributed by atoms with Crippen molar-refractivity contribution in [2.45, 2.75) is 0 Å². The van der Waals surface area contributed by atoms with Gasteiger partial charge in [-0.15, -0.1) is 0 Å². The molecular formula is C17H18N2O4. The number of carbonyl (C=O) groups excluding carboxylic acids is 2. The first-order chi connectivity index (χ1) is 11.2. The van der Waals surface area contributed by atoms with Crippen molar-refractivity contribution in [2.75, 3.05) is 31.0 Å². The van der Waals surface area contributed by atoms with Gasteiger partial charge in [0, 0.05) is 24.0 Å². The van der Waals surface area contributed by atoms with E-state index in [2.05, 4.69) is 10.6 Å². The molecule has 0 saturated carbocycles. The van der Waals surface area contributed by atoms with Gasteiger partial charge in [0.2, 0.25) is 0 Å². The van der Waals surface area contributed by atoms with Gasteiger partial charge in [-0.05, 0) is 30.3 Å². The first-order valence-corrected chi connectivity index (χ1v) is 7.08. The first kappa shape index (κ1) is 16.5. The van der Waals surface area contributed by atoms with Gasteiger partial charge < -0.3 is 14.8 Å². The molecule has 0 aliphatic heterocycles. The summed E-state index contributed by atoms with van der Waals surface area (Å²) in [7, 11) is 1.53. The Kier molecular flexibility index (Phi) is 6.14. The molecule has 120 valence electrons. The molecule has 0 aliphatic rings. The van der Waals surface area contributed by atoms with Gasteiger partial charge in [-0.1, -0.05) is 24.3 Å². The number of amides is 2. The summed E-state index contributed by atoms with van der Waals surface area (Å²) < 4.78 is 9.71. The quantitative estimate of drug-likeness (QED) is 0.803. The first-order valence-electron chi connectivity index (χ1n) is 7.08. The third-order valence-corrected chi connectivity index (χ3v) is 2.92. The standard InChI is InChI=1S/C17H18N2O4/c1-22-10-11-23-17(21)19-15-9-5-8-14(12-15)18-16(20)13-6-3-2-4-7-13/h2-9,12H,10-11H2,1H3,(H,18,20)(H,19,21). The molecule has 0 atom stereocenters. The summed E-state index contributed by atoms with van der Waals surface area (Å²) >= 11 is 0. The molecule has 2 aromatic rings. The lowest BCUT2D eigenvalue weighted by Crippen LogP contribution is -2.16. The molecule has 0 spiro atoms. The minimum atomic E-state index is -0.575. The van der Waals surface area contributed by atoms with E-state index in [-0.39, 0.29) is 12.5 Å². The van der Waals surface area contributed by atoms with E-state index in [1.807, 2.05) is 6.07 Å². The Morgan fingerprint density at radius 2 is 1.61 bits per heavy atom. The van der Waals surface area contributed by atoms with Crippen LogP contribution in [0.2, 0.25) is 0 Å². The van der Waals surface area contributed by atoms with Crippen LogP contribution in [0.1, 0.15) is 10.4 Å². The highest BCUT2D eigenvalue weighted by molar-refractivity contribution is 6.04. The molecule has 0 fully saturated rings. The second-order valence-electron chi connectivity index (χ2n) is 4.65. The zero-order valence-electron chi connectivity index (χ0n) is 12.7. The van der Waals surface area contributed by atoms with E-state index in [4.69, 9.17) is 9.47 Å². The Balaban J connectivity index is 1.94. The average Bonchev–Trinajstić information content (AvgIpc) is 2.56. The van der Waals surface area contributed by atoms with Crippen LogP contribution in [0.4, 0.5) is 16.2 Å². The molecule has 0 unspecified atom stereocenters. The minimum Gasteiger partial charge on any atom is -0.447 e. The lowest BCUT2D eigenvalue weighted by Gasteiger charge is -2.09. The highest BCUT2D eigenvalue weighted by Gasteiger charge is 2.07. The van der Waals surface area contributed by atoms with Crippen LogP contribution in [0, 0.1) is 0 Å². The fourth-order valence-corrected chi connectivity index (χ4v) is 1.84. The van der Waals surface area contributed by atoms with Crippen LogP contribution in [0.15, 0.2) is 54.6 Å². The summed E-state index contributed by atoms with van der Waals surface area (Å²) in [5.74, 6) is -0.217. The lowest BCUT2D eigenvalue weighted by atomic mass is 10.2. The highest BCUT2D eigenvalue weighted by Crippen LogP contribution is 2.16. The van der Waals surface area contributed by atoms with E-state index in [1.165, 1.54) is 7.11 Å². The Hall–Kier alpha value is -2.86. The summed E-state index contributed by atoms with van der Waals surface area (Å²) in [5, 5.41) is 5.36. The fraction of sp³-hybridized carbons (Fsp3) is 0.176.